The first-order chi connectivity index (χ1) is 14.5. The van der Waals surface area contributed by atoms with Crippen molar-refractivity contribution in [2.24, 2.45) is 0 Å². The summed E-state index contributed by atoms with van der Waals surface area (Å²) >= 11 is 1.45. The standard InChI is InChI=1S/C21H23N5O3S/c1-4-22-21(28)25-16-8-5-7-15(11-16)24-19(27)17-9-6-10-23-20(17)30-12-18-13(2)26-29-14(18)3/h5-11H,4,12H2,1-3H3,(H,24,27)(H2,22,25,28). The van der Waals surface area contributed by atoms with E-state index in [-0.39, 0.29) is 11.9 Å². The van der Waals surface area contributed by atoms with Gasteiger partial charge in [0.1, 0.15) is 10.8 Å². The lowest BCUT2D eigenvalue weighted by atomic mass is 10.2. The molecule has 0 saturated carbocycles. The van der Waals surface area contributed by atoms with E-state index in [9.17, 15) is 9.59 Å². The van der Waals surface area contributed by atoms with Gasteiger partial charge in [0.2, 0.25) is 0 Å². The van der Waals surface area contributed by atoms with E-state index < -0.39 is 0 Å². The number of nitrogens with zero attached hydrogens (tertiary/aromatic N) is 2. The predicted molar refractivity (Wildman–Crippen MR) is 117 cm³/mol. The molecule has 2 aromatic heterocycles. The Kier molecular flexibility index (Phi) is 7.08. The Bertz CT molecular complexity index is 1030. The summed E-state index contributed by atoms with van der Waals surface area (Å²) in [7, 11) is 0. The van der Waals surface area contributed by atoms with E-state index in [1.165, 1.54) is 11.8 Å². The number of aromatic nitrogens is 2. The molecule has 30 heavy (non-hydrogen) atoms. The van der Waals surface area contributed by atoms with Gasteiger partial charge in [0.15, 0.2) is 0 Å². The van der Waals surface area contributed by atoms with Crippen molar-refractivity contribution in [1.82, 2.24) is 15.5 Å². The predicted octanol–water partition coefficient (Wildman–Crippen LogP) is 4.37. The van der Waals surface area contributed by atoms with Gasteiger partial charge in [0.25, 0.3) is 5.91 Å². The minimum absolute atomic E-state index is 0.278. The van der Waals surface area contributed by atoms with Crippen LogP contribution in [0.3, 0.4) is 0 Å². The Morgan fingerprint density at radius 3 is 2.57 bits per heavy atom. The number of aryl methyl sites for hydroxylation is 2. The molecular formula is C21H23N5O3S. The van der Waals surface area contributed by atoms with Gasteiger partial charge in [-0.15, -0.1) is 11.8 Å². The van der Waals surface area contributed by atoms with Crippen LogP contribution in [0.4, 0.5) is 16.2 Å². The van der Waals surface area contributed by atoms with E-state index in [0.29, 0.717) is 34.3 Å². The fourth-order valence-electron chi connectivity index (χ4n) is 2.74. The molecule has 0 aliphatic carbocycles. The smallest absolute Gasteiger partial charge is 0.319 e. The number of thioether (sulfide) groups is 1. The molecule has 9 heteroatoms. The molecule has 3 amide bonds. The van der Waals surface area contributed by atoms with E-state index in [4.69, 9.17) is 4.52 Å². The van der Waals surface area contributed by atoms with E-state index in [1.807, 2.05) is 20.8 Å². The lowest BCUT2D eigenvalue weighted by Gasteiger charge is -2.11. The number of pyridine rings is 1. The molecule has 0 aliphatic heterocycles. The van der Waals surface area contributed by atoms with Gasteiger partial charge in [-0.25, -0.2) is 9.78 Å². The fraction of sp³-hybridized carbons (Fsp3) is 0.238. The molecule has 156 valence electrons. The molecule has 3 rings (SSSR count). The maximum atomic E-state index is 12.9. The average molecular weight is 426 g/mol. The van der Waals surface area contributed by atoms with E-state index in [0.717, 1.165) is 17.0 Å². The van der Waals surface area contributed by atoms with Crippen LogP contribution in [-0.4, -0.2) is 28.6 Å². The van der Waals surface area contributed by atoms with Crippen LogP contribution in [0.5, 0.6) is 0 Å². The molecule has 1 aromatic carbocycles. The van der Waals surface area contributed by atoms with Crippen molar-refractivity contribution in [2.45, 2.75) is 31.6 Å². The summed E-state index contributed by atoms with van der Waals surface area (Å²) in [5, 5.41) is 12.8. The Morgan fingerprint density at radius 1 is 1.10 bits per heavy atom. The number of carbonyl (C=O) groups excluding carboxylic acids is 2. The van der Waals surface area contributed by atoms with Crippen molar-refractivity contribution in [1.29, 1.82) is 0 Å². The molecule has 0 spiro atoms. The number of nitrogens with one attached hydrogen (secondary N) is 3. The molecule has 2 heterocycles. The van der Waals surface area contributed by atoms with Gasteiger partial charge in [-0.1, -0.05) is 11.2 Å². The zero-order chi connectivity index (χ0) is 21.5. The highest BCUT2D eigenvalue weighted by Gasteiger charge is 2.16. The zero-order valence-electron chi connectivity index (χ0n) is 17.0. The molecular weight excluding hydrogens is 402 g/mol. The molecule has 0 saturated heterocycles. The van der Waals surface area contributed by atoms with Crippen molar-refractivity contribution in [3.63, 3.8) is 0 Å². The van der Waals surface area contributed by atoms with Gasteiger partial charge in [-0.2, -0.15) is 0 Å². The van der Waals surface area contributed by atoms with Crippen LogP contribution in [0.25, 0.3) is 0 Å². The summed E-state index contributed by atoms with van der Waals surface area (Å²) in [6, 6.07) is 10.1. The number of urea groups is 1. The number of rotatable bonds is 7. The maximum Gasteiger partial charge on any atom is 0.319 e. The van der Waals surface area contributed by atoms with Gasteiger partial charge < -0.3 is 20.5 Å². The molecule has 0 bridgehead atoms. The quantitative estimate of drug-likeness (QED) is 0.485. The van der Waals surface area contributed by atoms with Crippen molar-refractivity contribution in [3.8, 4) is 0 Å². The number of benzene rings is 1. The Morgan fingerprint density at radius 2 is 1.87 bits per heavy atom. The van der Waals surface area contributed by atoms with Gasteiger partial charge in [0.05, 0.1) is 11.3 Å². The highest BCUT2D eigenvalue weighted by molar-refractivity contribution is 7.98. The molecule has 0 radical (unpaired) electrons. The summed E-state index contributed by atoms with van der Waals surface area (Å²) in [5.74, 6) is 1.09. The molecule has 0 atom stereocenters. The third kappa shape index (κ3) is 5.38. The maximum absolute atomic E-state index is 12.9. The Balaban J connectivity index is 1.71. The molecule has 8 nitrogen and oxygen atoms in total. The third-order valence-corrected chi connectivity index (χ3v) is 5.30. The summed E-state index contributed by atoms with van der Waals surface area (Å²) in [4.78, 5) is 28.9. The normalized spacial score (nSPS) is 10.5. The summed E-state index contributed by atoms with van der Waals surface area (Å²) < 4.78 is 5.20. The highest BCUT2D eigenvalue weighted by Crippen LogP contribution is 2.28. The number of carbonyl (C=O) groups is 2. The van der Waals surface area contributed by atoms with Crippen molar-refractivity contribution >= 4 is 35.1 Å². The molecule has 3 N–H and O–H groups in total. The van der Waals surface area contributed by atoms with Crippen LogP contribution < -0.4 is 16.0 Å². The molecule has 0 unspecified atom stereocenters. The fourth-order valence-corrected chi connectivity index (χ4v) is 3.88. The first-order valence-electron chi connectivity index (χ1n) is 9.43. The zero-order valence-corrected chi connectivity index (χ0v) is 17.8. The largest absolute Gasteiger partial charge is 0.361 e. The minimum Gasteiger partial charge on any atom is -0.361 e. The first kappa shape index (κ1) is 21.4. The third-order valence-electron chi connectivity index (χ3n) is 4.27. The lowest BCUT2D eigenvalue weighted by molar-refractivity contribution is 0.102. The van der Waals surface area contributed by atoms with Gasteiger partial charge in [-0.05, 0) is 51.1 Å². The number of amides is 3. The average Bonchev–Trinajstić information content (AvgIpc) is 3.04. The van der Waals surface area contributed by atoms with Crippen LogP contribution in [0.1, 0.15) is 34.3 Å². The highest BCUT2D eigenvalue weighted by atomic mass is 32.2. The monoisotopic (exact) mass is 425 g/mol. The summed E-state index contributed by atoms with van der Waals surface area (Å²) in [6.07, 6.45) is 1.66. The van der Waals surface area contributed by atoms with Crippen LogP contribution in [0, 0.1) is 13.8 Å². The molecule has 0 fully saturated rings. The number of anilines is 2. The summed E-state index contributed by atoms with van der Waals surface area (Å²) in [6.45, 7) is 6.12. The first-order valence-corrected chi connectivity index (χ1v) is 10.4. The Labute approximate surface area is 178 Å². The number of hydrogen-bond donors (Lipinski definition) is 3. The SMILES string of the molecule is CCNC(=O)Nc1cccc(NC(=O)c2cccnc2SCc2c(C)noc2C)c1. The van der Waals surface area contributed by atoms with Gasteiger partial charge in [-0.3, -0.25) is 4.79 Å². The van der Waals surface area contributed by atoms with E-state index >= 15 is 0 Å². The van der Waals surface area contributed by atoms with Crippen LogP contribution in [-0.2, 0) is 5.75 Å². The van der Waals surface area contributed by atoms with Crippen molar-refractivity contribution < 1.29 is 14.1 Å². The Hall–Kier alpha value is -3.33. The van der Waals surface area contributed by atoms with E-state index in [1.54, 1.807) is 42.6 Å². The lowest BCUT2D eigenvalue weighted by Crippen LogP contribution is -2.28. The van der Waals surface area contributed by atoms with E-state index in [2.05, 4.69) is 26.1 Å². The summed E-state index contributed by atoms with van der Waals surface area (Å²) in [5.41, 5.74) is 3.45. The second-order valence-corrected chi connectivity index (χ2v) is 7.43. The second kappa shape index (κ2) is 9.93. The van der Waals surface area contributed by atoms with Gasteiger partial charge >= 0.3 is 6.03 Å². The topological polar surface area (TPSA) is 109 Å². The molecule has 0 aliphatic rings. The van der Waals surface area contributed by atoms with Crippen molar-refractivity contribution in [2.75, 3.05) is 17.2 Å². The molecule has 3 aromatic rings. The number of hydrogen-bond acceptors (Lipinski definition) is 6. The van der Waals surface area contributed by atoms with Crippen LogP contribution >= 0.6 is 11.8 Å². The minimum atomic E-state index is -0.300. The second-order valence-electron chi connectivity index (χ2n) is 6.47. The van der Waals surface area contributed by atoms with Crippen LogP contribution in [0.15, 0.2) is 52.1 Å². The van der Waals surface area contributed by atoms with Gasteiger partial charge in [0, 0.05) is 35.4 Å². The van der Waals surface area contributed by atoms with Crippen molar-refractivity contribution in [3.05, 3.63) is 65.2 Å². The van der Waals surface area contributed by atoms with Crippen LogP contribution in [0.2, 0.25) is 0 Å².